The number of fused-ring (bicyclic) bond motifs is 1. The number of esters is 1. The zero-order valence-corrected chi connectivity index (χ0v) is 26.0. The van der Waals surface area contributed by atoms with E-state index in [0.717, 1.165) is 16.9 Å². The zero-order valence-electron chi connectivity index (χ0n) is 23.7. The van der Waals surface area contributed by atoms with E-state index in [1.807, 2.05) is 6.92 Å². The molecule has 43 heavy (non-hydrogen) atoms. The van der Waals surface area contributed by atoms with Crippen LogP contribution in [-0.2, 0) is 19.6 Å². The first-order valence-electron chi connectivity index (χ1n) is 13.2. The molecule has 0 saturated heterocycles. The van der Waals surface area contributed by atoms with Gasteiger partial charge in [0.25, 0.3) is 5.56 Å². The van der Waals surface area contributed by atoms with Gasteiger partial charge in [-0.3, -0.25) is 9.36 Å². The van der Waals surface area contributed by atoms with Crippen LogP contribution in [0.15, 0.2) is 92.7 Å². The van der Waals surface area contributed by atoms with Crippen LogP contribution in [0.25, 0.3) is 6.08 Å². The van der Waals surface area contributed by atoms with Gasteiger partial charge in [-0.25, -0.2) is 9.79 Å². The van der Waals surface area contributed by atoms with Gasteiger partial charge in [-0.1, -0.05) is 52.8 Å². The summed E-state index contributed by atoms with van der Waals surface area (Å²) >= 11 is 7.36. The summed E-state index contributed by atoms with van der Waals surface area (Å²) in [7, 11) is -2.63. The third kappa shape index (κ3) is 6.15. The van der Waals surface area contributed by atoms with Crippen molar-refractivity contribution in [3.63, 3.8) is 0 Å². The van der Waals surface area contributed by atoms with Crippen LogP contribution in [0.1, 0.15) is 36.6 Å². The number of carbonyl (C=O) groups is 1. The Bertz CT molecular complexity index is 2030. The monoisotopic (exact) mass is 638 g/mol. The maximum absolute atomic E-state index is 14.0. The standard InChI is InChI=1S/C31H27ClN2O7S2/c1-5-40-30(36)27-19(3)33-31-34(28(27)20-8-11-23(39-4)12-9-20)29(35)26(42-31)17-21-16-22(32)10-15-25(21)41-43(37,38)24-13-6-18(2)7-14-24/h6-17,28H,5H2,1-4H3/b26-17-. The molecule has 9 nitrogen and oxygen atoms in total. The maximum atomic E-state index is 14.0. The minimum absolute atomic E-state index is 0.00842. The van der Waals surface area contributed by atoms with Crippen molar-refractivity contribution >= 4 is 45.1 Å². The third-order valence-electron chi connectivity index (χ3n) is 6.72. The fraction of sp³-hybridized carbons (Fsp3) is 0.194. The molecule has 3 aromatic carbocycles. The molecular formula is C31H27ClN2O7S2. The molecule has 222 valence electrons. The summed E-state index contributed by atoms with van der Waals surface area (Å²) in [6.45, 7) is 5.40. The predicted molar refractivity (Wildman–Crippen MR) is 164 cm³/mol. The second-order valence-corrected chi connectivity index (χ2v) is 12.6. The second kappa shape index (κ2) is 12.2. The number of methoxy groups -OCH3 is 1. The van der Waals surface area contributed by atoms with Gasteiger partial charge >= 0.3 is 16.1 Å². The lowest BCUT2D eigenvalue weighted by Gasteiger charge is -2.24. The summed E-state index contributed by atoms with van der Waals surface area (Å²) in [6, 6.07) is 16.9. The lowest BCUT2D eigenvalue weighted by molar-refractivity contribution is -0.139. The highest BCUT2D eigenvalue weighted by atomic mass is 35.5. The Balaban J connectivity index is 1.65. The molecule has 1 aliphatic rings. The summed E-state index contributed by atoms with van der Waals surface area (Å²) in [5, 5.41) is 0.315. The minimum Gasteiger partial charge on any atom is -0.497 e. The van der Waals surface area contributed by atoms with E-state index in [1.165, 1.54) is 41.0 Å². The van der Waals surface area contributed by atoms with Crippen molar-refractivity contribution in [1.82, 2.24) is 4.57 Å². The molecule has 0 aliphatic carbocycles. The highest BCUT2D eigenvalue weighted by Crippen LogP contribution is 2.32. The van der Waals surface area contributed by atoms with Gasteiger partial charge in [-0.05, 0) is 74.9 Å². The van der Waals surface area contributed by atoms with Gasteiger partial charge < -0.3 is 13.7 Å². The number of hydrogen-bond acceptors (Lipinski definition) is 9. The van der Waals surface area contributed by atoms with E-state index in [-0.39, 0.29) is 32.9 Å². The number of rotatable bonds is 8. The molecule has 12 heteroatoms. The average Bonchev–Trinajstić information content (AvgIpc) is 3.28. The smallest absolute Gasteiger partial charge is 0.339 e. The molecule has 0 spiro atoms. The van der Waals surface area contributed by atoms with E-state index in [2.05, 4.69) is 4.99 Å². The molecule has 1 unspecified atom stereocenters. The molecular weight excluding hydrogens is 612 g/mol. The lowest BCUT2D eigenvalue weighted by Crippen LogP contribution is -2.39. The van der Waals surface area contributed by atoms with Crippen LogP contribution in [0.2, 0.25) is 5.02 Å². The number of hydrogen-bond donors (Lipinski definition) is 0. The van der Waals surface area contributed by atoms with E-state index in [0.29, 0.717) is 26.8 Å². The number of allylic oxidation sites excluding steroid dienone is 1. The Morgan fingerprint density at radius 1 is 1.07 bits per heavy atom. The highest BCUT2D eigenvalue weighted by Gasteiger charge is 2.33. The van der Waals surface area contributed by atoms with Crippen molar-refractivity contribution < 1.29 is 26.9 Å². The fourth-order valence-corrected chi connectivity index (χ4v) is 6.79. The van der Waals surface area contributed by atoms with E-state index in [9.17, 15) is 18.0 Å². The van der Waals surface area contributed by atoms with Gasteiger partial charge in [-0.15, -0.1) is 0 Å². The first-order valence-corrected chi connectivity index (χ1v) is 15.8. The number of halogens is 1. The Labute approximate surface area is 257 Å². The largest absolute Gasteiger partial charge is 0.497 e. The molecule has 0 fully saturated rings. The van der Waals surface area contributed by atoms with Gasteiger partial charge in [0.15, 0.2) is 4.80 Å². The van der Waals surface area contributed by atoms with Gasteiger partial charge in [-0.2, -0.15) is 8.42 Å². The number of aryl methyl sites for hydroxylation is 1. The number of benzene rings is 3. The van der Waals surface area contributed by atoms with E-state index in [1.54, 1.807) is 57.4 Å². The molecule has 1 aliphatic heterocycles. The first-order chi connectivity index (χ1) is 20.5. The molecule has 4 aromatic rings. The highest BCUT2D eigenvalue weighted by molar-refractivity contribution is 7.87. The van der Waals surface area contributed by atoms with Crippen molar-refractivity contribution in [2.24, 2.45) is 4.99 Å². The lowest BCUT2D eigenvalue weighted by atomic mass is 9.96. The second-order valence-electron chi connectivity index (χ2n) is 9.61. The normalized spacial score (nSPS) is 15.1. The third-order valence-corrected chi connectivity index (χ3v) is 9.18. The van der Waals surface area contributed by atoms with Crippen LogP contribution in [0.4, 0.5) is 0 Å². The van der Waals surface area contributed by atoms with Crippen molar-refractivity contribution in [3.8, 4) is 11.5 Å². The quantitative estimate of drug-likeness (QED) is 0.206. The summed E-state index contributed by atoms with van der Waals surface area (Å²) in [5.41, 5.74) is 2.05. The maximum Gasteiger partial charge on any atom is 0.339 e. The first kappa shape index (κ1) is 30.3. The average molecular weight is 639 g/mol. The molecule has 5 rings (SSSR count). The van der Waals surface area contributed by atoms with E-state index < -0.39 is 27.7 Å². The van der Waals surface area contributed by atoms with Gasteiger partial charge in [0.1, 0.15) is 16.4 Å². The molecule has 0 saturated carbocycles. The van der Waals surface area contributed by atoms with Crippen LogP contribution >= 0.6 is 22.9 Å². The molecule has 0 N–H and O–H groups in total. The van der Waals surface area contributed by atoms with Crippen LogP contribution in [0, 0.1) is 6.92 Å². The Hall–Kier alpha value is -4.19. The summed E-state index contributed by atoms with van der Waals surface area (Å²) in [4.78, 5) is 32.0. The Morgan fingerprint density at radius 3 is 2.42 bits per heavy atom. The van der Waals surface area contributed by atoms with Gasteiger partial charge in [0.2, 0.25) is 0 Å². The number of ether oxygens (including phenoxy) is 2. The van der Waals surface area contributed by atoms with Crippen LogP contribution in [0.5, 0.6) is 11.5 Å². The van der Waals surface area contributed by atoms with Crippen LogP contribution in [-0.4, -0.2) is 32.7 Å². The summed E-state index contributed by atoms with van der Waals surface area (Å²) < 4.78 is 43.9. The van der Waals surface area contributed by atoms with E-state index in [4.69, 9.17) is 25.3 Å². The van der Waals surface area contributed by atoms with Crippen LogP contribution in [0.3, 0.4) is 0 Å². The number of nitrogens with zero attached hydrogens (tertiary/aromatic N) is 2. The SMILES string of the molecule is CCOC(=O)C1=C(C)N=c2s/c(=C\c3cc(Cl)ccc3OS(=O)(=O)c3ccc(C)cc3)c(=O)n2C1c1ccc(OC)cc1. The number of aromatic nitrogens is 1. The van der Waals surface area contributed by atoms with Gasteiger partial charge in [0, 0.05) is 10.6 Å². The van der Waals surface area contributed by atoms with Gasteiger partial charge in [0.05, 0.1) is 35.6 Å². The predicted octanol–water partition coefficient (Wildman–Crippen LogP) is 4.54. The molecule has 0 bridgehead atoms. The van der Waals surface area contributed by atoms with Crippen molar-refractivity contribution in [2.45, 2.75) is 31.7 Å². The number of thiazole rings is 1. The van der Waals surface area contributed by atoms with E-state index >= 15 is 0 Å². The molecule has 0 radical (unpaired) electrons. The van der Waals surface area contributed by atoms with Crippen molar-refractivity contribution in [1.29, 1.82) is 0 Å². The fourth-order valence-electron chi connectivity index (χ4n) is 4.61. The van der Waals surface area contributed by atoms with Crippen molar-refractivity contribution in [2.75, 3.05) is 13.7 Å². The Kier molecular flexibility index (Phi) is 8.59. The van der Waals surface area contributed by atoms with Crippen LogP contribution < -0.4 is 23.8 Å². The van der Waals surface area contributed by atoms with Crippen molar-refractivity contribution in [3.05, 3.63) is 119 Å². The molecule has 1 aromatic heterocycles. The minimum atomic E-state index is -4.18. The zero-order chi connectivity index (χ0) is 30.9. The Morgan fingerprint density at radius 2 is 1.77 bits per heavy atom. The molecule has 0 amide bonds. The topological polar surface area (TPSA) is 113 Å². The molecule has 1 atom stereocenters. The number of carbonyl (C=O) groups excluding carboxylic acids is 1. The summed E-state index contributed by atoms with van der Waals surface area (Å²) in [5.74, 6) is 0.0280. The summed E-state index contributed by atoms with van der Waals surface area (Å²) in [6.07, 6.45) is 1.50. The molecule has 2 heterocycles.